The van der Waals surface area contributed by atoms with Gasteiger partial charge in [0.05, 0.1) is 18.2 Å². The van der Waals surface area contributed by atoms with Gasteiger partial charge in [-0.2, -0.15) is 13.2 Å². The van der Waals surface area contributed by atoms with Crippen LogP contribution in [0.2, 0.25) is 5.02 Å². The highest BCUT2D eigenvalue weighted by Crippen LogP contribution is 2.31. The normalized spacial score (nSPS) is 15.1. The highest BCUT2D eigenvalue weighted by Gasteiger charge is 2.43. The number of hydrogen-bond acceptors (Lipinski definition) is 8. The average Bonchev–Trinajstić information content (AvgIpc) is 3.52. The summed E-state index contributed by atoms with van der Waals surface area (Å²) in [5.41, 5.74) is 8.33. The zero-order chi connectivity index (χ0) is 34.4. The Morgan fingerprint density at radius 2 is 1.90 bits per heavy atom. The number of esters is 1. The molecule has 5 rings (SSSR count). The molecule has 48 heavy (non-hydrogen) atoms. The maximum Gasteiger partial charge on any atom is 0.490 e. The molecule has 0 aliphatic carbocycles. The second kappa shape index (κ2) is 14.7. The molecule has 0 radical (unpaired) electrons. The number of carbonyl (C=O) groups is 3. The molecule has 11 nitrogen and oxygen atoms in total. The number of anilines is 3. The molecule has 3 aromatic carbocycles. The van der Waals surface area contributed by atoms with E-state index in [0.717, 1.165) is 10.8 Å². The number of rotatable bonds is 10. The Kier molecular flexibility index (Phi) is 10.4. The Labute approximate surface area is 278 Å². The number of likely N-dealkylation sites (tertiary alicyclic amines) is 1. The molecule has 1 saturated heterocycles. The molecule has 1 aliphatic rings. The number of amides is 3. The van der Waals surface area contributed by atoms with Crippen molar-refractivity contribution in [1.29, 1.82) is 0 Å². The van der Waals surface area contributed by atoms with E-state index >= 15 is 0 Å². The Balaban J connectivity index is 1.27. The topological polar surface area (TPSA) is 148 Å². The zero-order valence-electron chi connectivity index (χ0n) is 25.6. The van der Waals surface area contributed by atoms with Crippen molar-refractivity contribution in [3.8, 4) is 5.75 Å². The number of fused-ring (bicyclic) bond motifs is 1. The fourth-order valence-electron chi connectivity index (χ4n) is 5.20. The third kappa shape index (κ3) is 8.37. The first-order chi connectivity index (χ1) is 22.9. The van der Waals surface area contributed by atoms with Gasteiger partial charge in [0.1, 0.15) is 23.7 Å². The van der Waals surface area contributed by atoms with Crippen molar-refractivity contribution in [1.82, 2.24) is 15.2 Å². The second-order valence-corrected chi connectivity index (χ2v) is 11.3. The molecule has 2 heterocycles. The second-order valence-electron chi connectivity index (χ2n) is 10.9. The standard InChI is InChI=1S/C33H32ClF3N6O5/c1-2-47-27-16-21(6-9-26(27)34)28(41-23-7-8-25-20(15-23)10-12-39-29(25)38)30(44)40-17-19-4-3-5-22(14-19)42-32(46)43-13-11-24(18-43)48-31(45)33(35,36)37/h3-10,12,14-16,24,28,41H,2,11,13,17-18H2,1H3,(H2,38,39)(H,40,44)(H,42,46)/t24-,28?/m1/s1. The number of nitrogen functional groups attached to an aromatic ring is 1. The van der Waals surface area contributed by atoms with Gasteiger partial charge in [-0.3, -0.25) is 4.79 Å². The average molecular weight is 685 g/mol. The summed E-state index contributed by atoms with van der Waals surface area (Å²) >= 11 is 6.32. The van der Waals surface area contributed by atoms with Gasteiger partial charge in [-0.25, -0.2) is 14.6 Å². The molecule has 1 aromatic heterocycles. The van der Waals surface area contributed by atoms with Gasteiger partial charge in [-0.15, -0.1) is 0 Å². The fraction of sp³-hybridized carbons (Fsp3) is 0.273. The summed E-state index contributed by atoms with van der Waals surface area (Å²) in [5, 5.41) is 10.9. The summed E-state index contributed by atoms with van der Waals surface area (Å²) in [7, 11) is 0. The van der Waals surface area contributed by atoms with Crippen molar-refractivity contribution in [2.24, 2.45) is 0 Å². The lowest BCUT2D eigenvalue weighted by Crippen LogP contribution is -2.36. The molecular weight excluding hydrogens is 653 g/mol. The van der Waals surface area contributed by atoms with Gasteiger partial charge in [0.2, 0.25) is 5.91 Å². The lowest BCUT2D eigenvalue weighted by Gasteiger charge is -2.22. The third-order valence-electron chi connectivity index (χ3n) is 7.54. The van der Waals surface area contributed by atoms with E-state index in [4.69, 9.17) is 22.1 Å². The predicted octanol–water partition coefficient (Wildman–Crippen LogP) is 6.05. The van der Waals surface area contributed by atoms with Crippen LogP contribution in [0, 0.1) is 0 Å². The molecular formula is C33H32ClF3N6O5. The SMILES string of the molecule is CCOc1cc(C(Nc2ccc3c(N)nccc3c2)C(=O)NCc2cccc(NC(=O)N3CC[C@@H](OC(=O)C(F)(F)F)C3)c2)ccc1Cl. The molecule has 1 fully saturated rings. The molecule has 0 bridgehead atoms. The molecule has 0 spiro atoms. The number of nitrogens with one attached hydrogen (secondary N) is 3. The molecule has 1 aliphatic heterocycles. The van der Waals surface area contributed by atoms with E-state index in [9.17, 15) is 27.6 Å². The highest BCUT2D eigenvalue weighted by molar-refractivity contribution is 6.32. The Hall–Kier alpha value is -5.24. The first-order valence-corrected chi connectivity index (χ1v) is 15.3. The smallest absolute Gasteiger partial charge is 0.490 e. The van der Waals surface area contributed by atoms with Crippen LogP contribution in [-0.2, 0) is 20.9 Å². The van der Waals surface area contributed by atoms with E-state index < -0.39 is 30.3 Å². The van der Waals surface area contributed by atoms with Crippen molar-refractivity contribution in [2.75, 3.05) is 36.1 Å². The number of urea groups is 1. The van der Waals surface area contributed by atoms with Crippen molar-refractivity contribution >= 4 is 57.5 Å². The molecule has 1 unspecified atom stereocenters. The largest absolute Gasteiger partial charge is 0.492 e. The molecule has 4 aromatic rings. The van der Waals surface area contributed by atoms with E-state index in [1.807, 2.05) is 25.1 Å². The van der Waals surface area contributed by atoms with Crippen molar-refractivity contribution < 1.29 is 37.0 Å². The van der Waals surface area contributed by atoms with Gasteiger partial charge < -0.3 is 36.1 Å². The first kappa shape index (κ1) is 34.1. The summed E-state index contributed by atoms with van der Waals surface area (Å²) < 4.78 is 47.7. The number of hydrogen-bond donors (Lipinski definition) is 4. The highest BCUT2D eigenvalue weighted by atomic mass is 35.5. The Bertz CT molecular complexity index is 1820. The minimum Gasteiger partial charge on any atom is -0.492 e. The lowest BCUT2D eigenvalue weighted by molar-refractivity contribution is -0.204. The van der Waals surface area contributed by atoms with Gasteiger partial charge in [0, 0.05) is 42.5 Å². The van der Waals surface area contributed by atoms with E-state index in [1.165, 1.54) is 4.90 Å². The Morgan fingerprint density at radius 3 is 2.67 bits per heavy atom. The molecule has 2 atom stereocenters. The quantitative estimate of drug-likeness (QED) is 0.148. The van der Waals surface area contributed by atoms with E-state index in [2.05, 4.69) is 25.7 Å². The number of alkyl halides is 3. The van der Waals surface area contributed by atoms with E-state index in [1.54, 1.807) is 54.7 Å². The maximum atomic E-state index is 13.7. The molecule has 15 heteroatoms. The summed E-state index contributed by atoms with van der Waals surface area (Å²) in [6, 6.07) is 17.7. The number of ether oxygens (including phenoxy) is 2. The first-order valence-electron chi connectivity index (χ1n) is 14.9. The van der Waals surface area contributed by atoms with Crippen molar-refractivity contribution in [3.05, 3.63) is 89.1 Å². The fourth-order valence-corrected chi connectivity index (χ4v) is 5.38. The number of aromatic nitrogens is 1. The Morgan fingerprint density at radius 1 is 1.08 bits per heavy atom. The predicted molar refractivity (Wildman–Crippen MR) is 175 cm³/mol. The zero-order valence-corrected chi connectivity index (χ0v) is 26.4. The van der Waals surface area contributed by atoms with Crippen LogP contribution in [0.1, 0.15) is 30.5 Å². The monoisotopic (exact) mass is 684 g/mol. The van der Waals surface area contributed by atoms with Crippen LogP contribution in [-0.4, -0.2) is 59.8 Å². The number of nitrogens with zero attached hydrogens (tertiary/aromatic N) is 2. The molecule has 0 saturated carbocycles. The number of carbonyl (C=O) groups excluding carboxylic acids is 3. The van der Waals surface area contributed by atoms with E-state index in [-0.39, 0.29) is 32.0 Å². The number of benzene rings is 3. The molecule has 3 amide bonds. The summed E-state index contributed by atoms with van der Waals surface area (Å²) in [5.74, 6) is -1.82. The van der Waals surface area contributed by atoms with E-state index in [0.29, 0.717) is 45.7 Å². The maximum absolute atomic E-state index is 13.7. The summed E-state index contributed by atoms with van der Waals surface area (Å²) in [6.45, 7) is 2.25. The van der Waals surface area contributed by atoms with Gasteiger partial charge in [-0.1, -0.05) is 29.8 Å². The molecule has 252 valence electrons. The third-order valence-corrected chi connectivity index (χ3v) is 7.85. The van der Waals surface area contributed by atoms with Crippen molar-refractivity contribution in [3.63, 3.8) is 0 Å². The number of pyridine rings is 1. The van der Waals surface area contributed by atoms with Gasteiger partial charge in [-0.05, 0) is 72.0 Å². The van der Waals surface area contributed by atoms with Crippen LogP contribution in [0.3, 0.4) is 0 Å². The number of nitrogens with two attached hydrogens (primary N) is 1. The van der Waals surface area contributed by atoms with Crippen LogP contribution in [0.5, 0.6) is 5.75 Å². The molecule has 5 N–H and O–H groups in total. The van der Waals surface area contributed by atoms with Crippen molar-refractivity contribution in [2.45, 2.75) is 38.2 Å². The van der Waals surface area contributed by atoms with Gasteiger partial charge in [0.15, 0.2) is 0 Å². The number of halogens is 4. The van der Waals surface area contributed by atoms with Gasteiger partial charge >= 0.3 is 18.2 Å². The minimum absolute atomic E-state index is 0.0840. The summed E-state index contributed by atoms with van der Waals surface area (Å²) in [6.07, 6.45) is -4.47. The van der Waals surface area contributed by atoms with Crippen LogP contribution >= 0.6 is 11.6 Å². The van der Waals surface area contributed by atoms with Crippen LogP contribution in [0.15, 0.2) is 72.9 Å². The lowest BCUT2D eigenvalue weighted by atomic mass is 10.0. The van der Waals surface area contributed by atoms with Crippen LogP contribution in [0.4, 0.5) is 35.2 Å². The summed E-state index contributed by atoms with van der Waals surface area (Å²) in [4.78, 5) is 43.0. The van der Waals surface area contributed by atoms with Gasteiger partial charge in [0.25, 0.3) is 0 Å². The van der Waals surface area contributed by atoms with Crippen LogP contribution in [0.25, 0.3) is 10.8 Å². The van der Waals surface area contributed by atoms with Crippen LogP contribution < -0.4 is 26.4 Å². The minimum atomic E-state index is -5.10.